The van der Waals surface area contributed by atoms with Crippen molar-refractivity contribution in [1.29, 1.82) is 0 Å². The Bertz CT molecular complexity index is 30.3. The van der Waals surface area contributed by atoms with E-state index < -0.39 is 0 Å². The van der Waals surface area contributed by atoms with E-state index in [9.17, 15) is 0 Å². The monoisotopic (exact) mass is 419 g/mol. The standard InChI is InChI=1S/Al.Ba.Ca.Fe.Mn.3H4Si.7H/h;;;;;3*1H4;;;;;;;/q;2*+2;;;;;;;;;4*-1. The quantitative estimate of drug-likeness (QED) is 0.344. The van der Waals surface area contributed by atoms with Crippen LogP contribution in [0.2, 0.25) is 0 Å². The van der Waals surface area contributed by atoms with Crippen molar-refractivity contribution in [3.8, 4) is 0 Å². The van der Waals surface area contributed by atoms with Crippen molar-refractivity contribution in [2.24, 2.45) is 0 Å². The van der Waals surface area contributed by atoms with E-state index in [1.54, 1.807) is 0 Å². The van der Waals surface area contributed by atoms with Crippen LogP contribution in [0.3, 0.4) is 0 Å². The molecule has 0 aromatic heterocycles. The molecule has 0 saturated carbocycles. The van der Waals surface area contributed by atoms with Crippen molar-refractivity contribution >= 4 is 137 Å². The molecule has 0 bridgehead atoms. The number of hydrogen-bond acceptors (Lipinski definition) is 0. The third-order valence-corrected chi connectivity index (χ3v) is 0. The Balaban J connectivity index is 0. The average Bonchev–Trinajstić information content (AvgIpc) is 0. The van der Waals surface area contributed by atoms with Crippen LogP contribution in [0.25, 0.3) is 0 Å². The van der Waals surface area contributed by atoms with E-state index in [0.29, 0.717) is 0 Å². The summed E-state index contributed by atoms with van der Waals surface area (Å²) < 4.78 is 0. The fraction of sp³-hybridized carbons (Fsp3) is 0. The minimum absolute atomic E-state index is 0. The minimum Gasteiger partial charge on any atom is -1.00 e. The maximum absolute atomic E-state index is 0. The number of hydrogen-bond donors (Lipinski definition) is 0. The molecule has 0 rings (SSSR count). The fourth-order valence-corrected chi connectivity index (χ4v) is 0. The summed E-state index contributed by atoms with van der Waals surface area (Å²) in [7, 11) is 0. The summed E-state index contributed by atoms with van der Waals surface area (Å²) in [6.07, 6.45) is 0. The van der Waals surface area contributed by atoms with Crippen molar-refractivity contribution in [1.82, 2.24) is 0 Å². The molecule has 0 aromatic carbocycles. The van der Waals surface area contributed by atoms with Gasteiger partial charge in [-0.2, -0.15) is 0 Å². The molecule has 0 fully saturated rings. The molecule has 0 unspecified atom stereocenters. The molecule has 0 amide bonds. The van der Waals surface area contributed by atoms with E-state index in [0.717, 1.165) is 0 Å². The predicted octanol–water partition coefficient (Wildman–Crippen LogP) is -5.86. The van der Waals surface area contributed by atoms with Crippen LogP contribution in [-0.2, 0) is 34.1 Å². The van der Waals surface area contributed by atoms with Crippen LogP contribution >= 0.6 is 0 Å². The molecule has 0 saturated heterocycles. The van der Waals surface area contributed by atoms with E-state index in [1.165, 1.54) is 0 Å². The zero-order valence-electron chi connectivity index (χ0n) is 6.15. The van der Waals surface area contributed by atoms with Gasteiger partial charge in [-0.1, -0.05) is 0 Å². The zero-order chi connectivity index (χ0) is 0. The second-order valence-electron chi connectivity index (χ2n) is 0. The molecule has 0 aromatic rings. The summed E-state index contributed by atoms with van der Waals surface area (Å²) in [5, 5.41) is 0. The Hall–Kier alpha value is 5.05. The van der Waals surface area contributed by atoms with Gasteiger partial charge in [-0.3, -0.25) is 0 Å². The first-order valence-electron chi connectivity index (χ1n) is 0. The smallest absolute Gasteiger partial charge is 1.00 e. The summed E-state index contributed by atoms with van der Waals surface area (Å²) in [6, 6.07) is 0. The normalized spacial score (nSPS) is 0. The Labute approximate surface area is 172 Å². The van der Waals surface area contributed by atoms with Crippen LogP contribution in [0.1, 0.15) is 5.71 Å². The van der Waals surface area contributed by atoms with Gasteiger partial charge in [0, 0.05) is 34.1 Å². The van der Waals surface area contributed by atoms with E-state index in [1.807, 2.05) is 0 Å². The first-order valence-corrected chi connectivity index (χ1v) is 0. The molecule has 0 nitrogen and oxygen atoms in total. The SMILES string of the molecule is [AlH3].[Ba+2].[Ca+2].[Fe].[H-].[H-].[H-].[H-].[Mn].[SiH4].[SiH4].[SiH4]. The first kappa shape index (κ1) is 74.3. The molecule has 0 aliphatic carbocycles. The second-order valence-corrected chi connectivity index (χ2v) is 0. The predicted molar refractivity (Wildman–Crippen MR) is 59.9 cm³/mol. The molecule has 0 N–H and O–H groups in total. The molecule has 0 atom stereocenters. The molecule has 0 aliphatic rings. The van der Waals surface area contributed by atoms with Crippen molar-refractivity contribution in [3.05, 3.63) is 0 Å². The number of rotatable bonds is 0. The summed E-state index contributed by atoms with van der Waals surface area (Å²) in [4.78, 5) is 0. The fourth-order valence-electron chi connectivity index (χ4n) is 0. The van der Waals surface area contributed by atoms with Crippen LogP contribution in [0.4, 0.5) is 0 Å². The molecular weight excluding hydrogens is 399 g/mol. The van der Waals surface area contributed by atoms with Gasteiger partial charge in [-0.05, 0) is 32.9 Å². The van der Waals surface area contributed by atoms with Gasteiger partial charge in [0.1, 0.15) is 0 Å². The molecular formula is H19AlBaCaFeMnSi3. The molecule has 0 spiro atoms. The van der Waals surface area contributed by atoms with E-state index in [4.69, 9.17) is 0 Å². The Morgan fingerprint density at radius 1 is 0.875 bits per heavy atom. The van der Waals surface area contributed by atoms with Crippen molar-refractivity contribution in [2.75, 3.05) is 0 Å². The van der Waals surface area contributed by atoms with E-state index in [-0.39, 0.29) is 177 Å². The van der Waals surface area contributed by atoms with Gasteiger partial charge in [-0.15, -0.1) is 0 Å². The second kappa shape index (κ2) is 57.7. The van der Waals surface area contributed by atoms with Gasteiger partial charge >= 0.3 is 86.6 Å². The first-order chi connectivity index (χ1) is 0. The van der Waals surface area contributed by atoms with Crippen LogP contribution in [0.15, 0.2) is 0 Å². The third kappa shape index (κ3) is 43.7. The van der Waals surface area contributed by atoms with Gasteiger partial charge in [-0.25, -0.2) is 0 Å². The molecule has 53 valence electrons. The zero-order valence-corrected chi connectivity index (χ0v) is 11.1. The van der Waals surface area contributed by atoms with Crippen LogP contribution in [0, 0.1) is 0 Å². The van der Waals surface area contributed by atoms with Crippen LogP contribution < -0.4 is 0 Å². The largest absolute Gasteiger partial charge is 2.00 e. The van der Waals surface area contributed by atoms with Gasteiger partial charge in [0.2, 0.25) is 0 Å². The van der Waals surface area contributed by atoms with E-state index >= 15 is 0 Å². The topological polar surface area (TPSA) is 0 Å². The average molecular weight is 419 g/mol. The van der Waals surface area contributed by atoms with E-state index in [2.05, 4.69) is 0 Å². The summed E-state index contributed by atoms with van der Waals surface area (Å²) in [5.41, 5.74) is 0. The molecule has 0 aliphatic heterocycles. The summed E-state index contributed by atoms with van der Waals surface area (Å²) >= 11 is 0. The molecule has 1 radical (unpaired) electrons. The summed E-state index contributed by atoms with van der Waals surface area (Å²) in [6.45, 7) is 0. The van der Waals surface area contributed by atoms with Crippen molar-refractivity contribution < 1.29 is 39.8 Å². The van der Waals surface area contributed by atoms with Crippen molar-refractivity contribution in [2.45, 2.75) is 0 Å². The van der Waals surface area contributed by atoms with Gasteiger partial charge in [0.25, 0.3) is 0 Å². The Kier molecular flexibility index (Phi) is 535. The Morgan fingerprint density at radius 2 is 0.875 bits per heavy atom. The molecule has 0 heterocycles. The van der Waals surface area contributed by atoms with Crippen LogP contribution in [0.5, 0.6) is 0 Å². The maximum atomic E-state index is 0. The van der Waals surface area contributed by atoms with Gasteiger partial charge in [0.05, 0.1) is 0 Å². The van der Waals surface area contributed by atoms with Gasteiger partial charge in [0.15, 0.2) is 17.4 Å². The molecule has 8 heavy (non-hydrogen) atoms. The Morgan fingerprint density at radius 3 is 0.875 bits per heavy atom. The van der Waals surface area contributed by atoms with Crippen LogP contribution in [-0.4, -0.2) is 137 Å². The van der Waals surface area contributed by atoms with Crippen molar-refractivity contribution in [3.63, 3.8) is 0 Å². The molecule has 8 heteroatoms. The third-order valence-electron chi connectivity index (χ3n) is 0. The minimum atomic E-state index is 0. The maximum Gasteiger partial charge on any atom is 2.00 e. The van der Waals surface area contributed by atoms with Gasteiger partial charge < -0.3 is 5.71 Å². The summed E-state index contributed by atoms with van der Waals surface area (Å²) in [5.74, 6) is 0.